The molecule has 5 nitrogen and oxygen atoms in total. The molecular formula is C27H27ClN3O2+. The summed E-state index contributed by atoms with van der Waals surface area (Å²) < 4.78 is 1.76. The van der Waals surface area contributed by atoms with E-state index >= 15 is 0 Å². The van der Waals surface area contributed by atoms with Gasteiger partial charge in [0.1, 0.15) is 0 Å². The number of hydrogen-bond donors (Lipinski definition) is 2. The lowest BCUT2D eigenvalue weighted by Gasteiger charge is -2.15. The monoisotopic (exact) mass is 460 g/mol. The normalized spacial score (nSPS) is 19.1. The van der Waals surface area contributed by atoms with Crippen LogP contribution in [-0.2, 0) is 4.79 Å². The van der Waals surface area contributed by atoms with Crippen LogP contribution in [0.3, 0.4) is 0 Å². The molecule has 0 saturated carbocycles. The van der Waals surface area contributed by atoms with E-state index in [9.17, 15) is 9.59 Å². The molecule has 0 bridgehead atoms. The lowest BCUT2D eigenvalue weighted by atomic mass is 9.99. The summed E-state index contributed by atoms with van der Waals surface area (Å²) in [6.07, 6.45) is 1.89. The van der Waals surface area contributed by atoms with Crippen molar-refractivity contribution in [3.8, 4) is 0 Å². The minimum Gasteiger partial charge on any atom is -0.334 e. The maximum Gasteiger partial charge on any atom is 0.304 e. The van der Waals surface area contributed by atoms with Crippen LogP contribution >= 0.6 is 11.6 Å². The zero-order valence-corrected chi connectivity index (χ0v) is 19.6. The van der Waals surface area contributed by atoms with Crippen LogP contribution in [0.4, 0.5) is 0 Å². The van der Waals surface area contributed by atoms with Gasteiger partial charge in [0.2, 0.25) is 12.3 Å². The number of nitrogens with one attached hydrogen (secondary N) is 2. The van der Waals surface area contributed by atoms with Crippen LogP contribution in [0.2, 0.25) is 5.02 Å². The summed E-state index contributed by atoms with van der Waals surface area (Å²) in [4.78, 5) is 25.9. The minimum atomic E-state index is -0.772. The van der Waals surface area contributed by atoms with Crippen molar-refractivity contribution in [2.75, 3.05) is 0 Å². The van der Waals surface area contributed by atoms with Gasteiger partial charge in [-0.15, -0.1) is 10.1 Å². The molecule has 33 heavy (non-hydrogen) atoms. The third-order valence-electron chi connectivity index (χ3n) is 5.84. The van der Waals surface area contributed by atoms with Crippen molar-refractivity contribution in [3.63, 3.8) is 0 Å². The summed E-state index contributed by atoms with van der Waals surface area (Å²) in [5.74, 6) is -0.128. The second kappa shape index (κ2) is 9.59. The number of carbonyl (C=O) groups excluding carboxylic acids is 2. The third-order valence-corrected chi connectivity index (χ3v) is 6.09. The first-order chi connectivity index (χ1) is 15.8. The molecule has 1 heterocycles. The summed E-state index contributed by atoms with van der Waals surface area (Å²) in [6, 6.07) is 21.6. The van der Waals surface area contributed by atoms with Gasteiger partial charge in [0.15, 0.2) is 6.04 Å². The fraction of sp³-hybridized carbons (Fsp3) is 0.222. The number of hydrogen-bond acceptors (Lipinski definition) is 2. The number of hydrazine groups is 1. The number of carbonyl (C=O) groups is 2. The summed E-state index contributed by atoms with van der Waals surface area (Å²) in [6.45, 7) is 6.26. The highest BCUT2D eigenvalue weighted by Gasteiger charge is 2.47. The van der Waals surface area contributed by atoms with Gasteiger partial charge in [-0.25, -0.2) is 0 Å². The largest absolute Gasteiger partial charge is 0.334 e. The maximum absolute atomic E-state index is 13.0. The third kappa shape index (κ3) is 5.15. The molecule has 1 aliphatic rings. The van der Waals surface area contributed by atoms with Gasteiger partial charge in [-0.2, -0.15) is 0 Å². The second-order valence-electron chi connectivity index (χ2n) is 8.65. The fourth-order valence-corrected chi connectivity index (χ4v) is 4.02. The number of hydrazone groups is 1. The quantitative estimate of drug-likeness (QED) is 0.538. The average Bonchev–Trinajstić information content (AvgIpc) is 3.09. The lowest BCUT2D eigenvalue weighted by molar-refractivity contribution is -0.596. The van der Waals surface area contributed by atoms with Gasteiger partial charge in [0.05, 0.1) is 0 Å². The standard InChI is InChI=1S/C27H26ClN3O2/c1-17(2)20-10-6-19(7-11-20)16-31-25(21-12-14-23(28)15-13-21)24(27(33)30-31)29-26(32)22-8-4-18(3)5-9-22/h4-17,24-25H,1-3H3,(H-,29,30,32,33)/p+1/b31-16-/t24-,25-/m0/s1. The van der Waals surface area contributed by atoms with Crippen LogP contribution in [0.5, 0.6) is 0 Å². The predicted molar refractivity (Wildman–Crippen MR) is 131 cm³/mol. The van der Waals surface area contributed by atoms with Gasteiger partial charge in [0.25, 0.3) is 5.91 Å². The molecule has 2 N–H and O–H groups in total. The molecule has 3 aromatic carbocycles. The van der Waals surface area contributed by atoms with Gasteiger partial charge in [-0.3, -0.25) is 9.59 Å². The molecule has 0 radical (unpaired) electrons. The Labute approximate surface area is 199 Å². The molecule has 168 valence electrons. The van der Waals surface area contributed by atoms with Crippen molar-refractivity contribution in [2.24, 2.45) is 0 Å². The Hall–Kier alpha value is -3.44. The number of amides is 2. The summed E-state index contributed by atoms with van der Waals surface area (Å²) in [5.41, 5.74) is 7.54. The number of rotatable bonds is 5. The Morgan fingerprint density at radius 3 is 2.24 bits per heavy atom. The first kappa shape index (κ1) is 22.7. The summed E-state index contributed by atoms with van der Waals surface area (Å²) >= 11 is 6.09. The average molecular weight is 461 g/mol. The first-order valence-electron chi connectivity index (χ1n) is 11.0. The topological polar surface area (TPSA) is 61.2 Å². The van der Waals surface area contributed by atoms with E-state index in [1.54, 1.807) is 28.9 Å². The molecule has 0 aromatic heterocycles. The Kier molecular flexibility index (Phi) is 6.61. The zero-order valence-electron chi connectivity index (χ0n) is 18.9. The molecule has 0 unspecified atom stereocenters. The molecular weight excluding hydrogens is 434 g/mol. The molecule has 1 fully saturated rings. The van der Waals surface area contributed by atoms with Crippen molar-refractivity contribution in [1.82, 2.24) is 10.7 Å². The Morgan fingerprint density at radius 2 is 1.64 bits per heavy atom. The van der Waals surface area contributed by atoms with Crippen molar-refractivity contribution < 1.29 is 14.3 Å². The van der Waals surface area contributed by atoms with Crippen LogP contribution in [0.15, 0.2) is 72.8 Å². The zero-order chi connectivity index (χ0) is 23.5. The Morgan fingerprint density at radius 1 is 1.00 bits per heavy atom. The summed E-state index contributed by atoms with van der Waals surface area (Å²) in [7, 11) is 0. The molecule has 1 saturated heterocycles. The van der Waals surface area contributed by atoms with E-state index in [1.807, 2.05) is 49.5 Å². The molecule has 2 amide bonds. The lowest BCUT2D eigenvalue weighted by Crippen LogP contribution is -2.42. The van der Waals surface area contributed by atoms with Crippen LogP contribution in [0.1, 0.15) is 58.4 Å². The van der Waals surface area contributed by atoms with Crippen LogP contribution in [0, 0.1) is 6.92 Å². The SMILES string of the molecule is Cc1ccc(C(=O)N[C@@H]2C(=O)N/[N+](=C\c3ccc(C(C)C)cc3)[C@H]2c2ccc(Cl)cc2)cc1. The van der Waals surface area contributed by atoms with E-state index in [0.717, 1.165) is 16.7 Å². The highest BCUT2D eigenvalue weighted by molar-refractivity contribution is 6.30. The van der Waals surface area contributed by atoms with Gasteiger partial charge in [-0.1, -0.05) is 67.4 Å². The molecule has 1 aliphatic heterocycles. The maximum atomic E-state index is 13.0. The molecule has 2 atom stereocenters. The van der Waals surface area contributed by atoms with E-state index in [0.29, 0.717) is 16.5 Å². The van der Waals surface area contributed by atoms with Gasteiger partial charge in [-0.05, 0) is 54.8 Å². The van der Waals surface area contributed by atoms with E-state index in [2.05, 4.69) is 36.7 Å². The summed E-state index contributed by atoms with van der Waals surface area (Å²) in [5, 5.41) is 3.53. The van der Waals surface area contributed by atoms with Crippen LogP contribution < -0.4 is 10.7 Å². The number of halogens is 1. The first-order valence-corrected chi connectivity index (χ1v) is 11.4. The van der Waals surface area contributed by atoms with Crippen LogP contribution in [0.25, 0.3) is 0 Å². The van der Waals surface area contributed by atoms with E-state index in [1.165, 1.54) is 5.56 Å². The Bertz CT molecular complexity index is 1180. The van der Waals surface area contributed by atoms with E-state index in [-0.39, 0.29) is 11.8 Å². The predicted octanol–water partition coefficient (Wildman–Crippen LogP) is 4.79. The second-order valence-corrected chi connectivity index (χ2v) is 9.08. The highest BCUT2D eigenvalue weighted by atomic mass is 35.5. The van der Waals surface area contributed by atoms with E-state index in [4.69, 9.17) is 11.6 Å². The molecule has 0 aliphatic carbocycles. The van der Waals surface area contributed by atoms with E-state index < -0.39 is 12.1 Å². The molecule has 0 spiro atoms. The van der Waals surface area contributed by atoms with Crippen molar-refractivity contribution >= 4 is 29.6 Å². The van der Waals surface area contributed by atoms with Crippen molar-refractivity contribution in [3.05, 3.63) is 106 Å². The van der Waals surface area contributed by atoms with Gasteiger partial charge < -0.3 is 5.32 Å². The molecule has 6 heteroatoms. The highest BCUT2D eigenvalue weighted by Crippen LogP contribution is 2.27. The number of aryl methyl sites for hydroxylation is 1. The smallest absolute Gasteiger partial charge is 0.304 e. The molecule has 3 aromatic rings. The van der Waals surface area contributed by atoms with Crippen LogP contribution in [-0.4, -0.2) is 28.8 Å². The van der Waals surface area contributed by atoms with Gasteiger partial charge >= 0.3 is 5.91 Å². The fourth-order valence-electron chi connectivity index (χ4n) is 3.90. The number of nitrogens with zero attached hydrogens (tertiary/aromatic N) is 1. The van der Waals surface area contributed by atoms with Gasteiger partial charge in [0, 0.05) is 21.7 Å². The Balaban J connectivity index is 1.68. The van der Waals surface area contributed by atoms with Crippen molar-refractivity contribution in [1.29, 1.82) is 0 Å². The molecule has 4 rings (SSSR count). The minimum absolute atomic E-state index is 0.273. The number of benzene rings is 3. The van der Waals surface area contributed by atoms with Crippen molar-refractivity contribution in [2.45, 2.75) is 38.8 Å².